The van der Waals surface area contributed by atoms with Crippen molar-refractivity contribution in [2.75, 3.05) is 13.7 Å². The second-order valence-electron chi connectivity index (χ2n) is 4.72. The molecule has 0 bridgehead atoms. The van der Waals surface area contributed by atoms with Gasteiger partial charge in [-0.3, -0.25) is 4.90 Å². The molecule has 2 N–H and O–H groups in total. The minimum atomic E-state index is 0.380. The monoisotopic (exact) mass is 280 g/mol. The van der Waals surface area contributed by atoms with Crippen molar-refractivity contribution in [1.29, 1.82) is 0 Å². The molecule has 0 amide bonds. The van der Waals surface area contributed by atoms with Gasteiger partial charge in [-0.1, -0.05) is 32.1 Å². The lowest BCUT2D eigenvalue weighted by Crippen LogP contribution is -2.31. The number of methoxy groups -OCH3 is 1. The van der Waals surface area contributed by atoms with E-state index in [4.69, 9.17) is 22.7 Å². The number of thiocarbonyl (C=S) groups is 1. The maximum absolute atomic E-state index is 5.75. The van der Waals surface area contributed by atoms with E-state index in [0.29, 0.717) is 11.0 Å². The Labute approximate surface area is 121 Å². The second-order valence-corrected chi connectivity index (χ2v) is 5.16. The Kier molecular flexibility index (Phi) is 6.25. The first-order valence-corrected chi connectivity index (χ1v) is 7.15. The van der Waals surface area contributed by atoms with E-state index >= 15 is 0 Å². The molecule has 0 spiro atoms. The molecule has 0 aliphatic rings. The Morgan fingerprint density at radius 1 is 1.42 bits per heavy atom. The van der Waals surface area contributed by atoms with Crippen molar-refractivity contribution in [3.05, 3.63) is 29.3 Å². The normalized spacial score (nSPS) is 12.5. The van der Waals surface area contributed by atoms with Crippen molar-refractivity contribution in [3.63, 3.8) is 0 Å². The van der Waals surface area contributed by atoms with Crippen LogP contribution in [0.25, 0.3) is 0 Å². The molecule has 0 heterocycles. The number of hydrogen-bond acceptors (Lipinski definition) is 3. The summed E-state index contributed by atoms with van der Waals surface area (Å²) >= 11 is 5.08. The smallest absolute Gasteiger partial charge is 0.129 e. The standard InChI is InChI=1S/C15H24N2OS/c1-5-11(3)17(6-2)10-12-7-8-14(18-4)13(9-12)15(16)19/h7-9,11H,5-6,10H2,1-4H3,(H2,16,19). The topological polar surface area (TPSA) is 38.5 Å². The summed E-state index contributed by atoms with van der Waals surface area (Å²) in [4.78, 5) is 2.82. The van der Waals surface area contributed by atoms with Gasteiger partial charge in [-0.05, 0) is 37.6 Å². The molecule has 1 aromatic rings. The summed E-state index contributed by atoms with van der Waals surface area (Å²) in [5, 5.41) is 0. The number of benzene rings is 1. The van der Waals surface area contributed by atoms with Crippen molar-refractivity contribution < 1.29 is 4.74 Å². The summed E-state index contributed by atoms with van der Waals surface area (Å²) < 4.78 is 5.28. The highest BCUT2D eigenvalue weighted by Crippen LogP contribution is 2.21. The third kappa shape index (κ3) is 4.18. The Morgan fingerprint density at radius 3 is 2.58 bits per heavy atom. The minimum Gasteiger partial charge on any atom is -0.496 e. The summed E-state index contributed by atoms with van der Waals surface area (Å²) in [5.41, 5.74) is 7.77. The molecule has 1 atom stereocenters. The molecule has 1 rings (SSSR count). The van der Waals surface area contributed by atoms with Gasteiger partial charge in [0, 0.05) is 12.6 Å². The lowest BCUT2D eigenvalue weighted by Gasteiger charge is -2.27. The van der Waals surface area contributed by atoms with Gasteiger partial charge in [0.1, 0.15) is 10.7 Å². The van der Waals surface area contributed by atoms with Gasteiger partial charge in [0.15, 0.2) is 0 Å². The molecular formula is C15H24N2OS. The van der Waals surface area contributed by atoms with E-state index in [2.05, 4.69) is 31.7 Å². The van der Waals surface area contributed by atoms with Crippen molar-refractivity contribution in [2.45, 2.75) is 39.8 Å². The molecule has 0 aliphatic heterocycles. The SMILES string of the molecule is CCC(C)N(CC)Cc1ccc(OC)c(C(N)=S)c1. The maximum Gasteiger partial charge on any atom is 0.129 e. The third-order valence-electron chi connectivity index (χ3n) is 3.54. The number of rotatable bonds is 7. The first-order valence-electron chi connectivity index (χ1n) is 6.74. The number of nitrogens with zero attached hydrogens (tertiary/aromatic N) is 1. The summed E-state index contributed by atoms with van der Waals surface area (Å²) in [7, 11) is 1.63. The Bertz CT molecular complexity index is 434. The zero-order valence-electron chi connectivity index (χ0n) is 12.3. The van der Waals surface area contributed by atoms with Crippen LogP contribution in [0.1, 0.15) is 38.3 Å². The van der Waals surface area contributed by atoms with E-state index in [1.165, 1.54) is 5.56 Å². The Hall–Kier alpha value is -1.13. The molecule has 19 heavy (non-hydrogen) atoms. The van der Waals surface area contributed by atoms with Gasteiger partial charge in [0.05, 0.1) is 12.7 Å². The number of nitrogens with two attached hydrogens (primary N) is 1. The van der Waals surface area contributed by atoms with Crippen LogP contribution < -0.4 is 10.5 Å². The van der Waals surface area contributed by atoms with E-state index in [-0.39, 0.29) is 0 Å². The van der Waals surface area contributed by atoms with E-state index in [0.717, 1.165) is 30.8 Å². The lowest BCUT2D eigenvalue weighted by atomic mass is 10.1. The molecule has 1 aromatic carbocycles. The summed E-state index contributed by atoms with van der Waals surface area (Å²) in [5.74, 6) is 0.739. The molecular weight excluding hydrogens is 256 g/mol. The predicted molar refractivity (Wildman–Crippen MR) is 84.7 cm³/mol. The van der Waals surface area contributed by atoms with Gasteiger partial charge in [-0.15, -0.1) is 0 Å². The molecule has 0 aromatic heterocycles. The van der Waals surface area contributed by atoms with Crippen LogP contribution in [0, 0.1) is 0 Å². The first-order chi connectivity index (χ1) is 9.03. The summed E-state index contributed by atoms with van der Waals surface area (Å²) in [6, 6.07) is 6.62. The number of hydrogen-bond donors (Lipinski definition) is 1. The van der Waals surface area contributed by atoms with Gasteiger partial charge in [-0.2, -0.15) is 0 Å². The van der Waals surface area contributed by atoms with Crippen molar-refractivity contribution >= 4 is 17.2 Å². The zero-order chi connectivity index (χ0) is 14.4. The van der Waals surface area contributed by atoms with Gasteiger partial charge in [0.2, 0.25) is 0 Å². The molecule has 106 valence electrons. The fourth-order valence-corrected chi connectivity index (χ4v) is 2.28. The predicted octanol–water partition coefficient (Wildman–Crippen LogP) is 2.95. The highest BCUT2D eigenvalue weighted by Gasteiger charge is 2.12. The summed E-state index contributed by atoms with van der Waals surface area (Å²) in [6.07, 6.45) is 1.14. The molecule has 0 fully saturated rings. The summed E-state index contributed by atoms with van der Waals surface area (Å²) in [6.45, 7) is 8.59. The van der Waals surface area contributed by atoms with Gasteiger partial charge in [-0.25, -0.2) is 0 Å². The highest BCUT2D eigenvalue weighted by molar-refractivity contribution is 7.80. The van der Waals surface area contributed by atoms with Crippen molar-refractivity contribution in [1.82, 2.24) is 4.90 Å². The highest BCUT2D eigenvalue weighted by atomic mass is 32.1. The average molecular weight is 280 g/mol. The van der Waals surface area contributed by atoms with Crippen LogP contribution in [0.4, 0.5) is 0 Å². The quantitative estimate of drug-likeness (QED) is 0.779. The van der Waals surface area contributed by atoms with Gasteiger partial charge < -0.3 is 10.5 Å². The molecule has 3 nitrogen and oxygen atoms in total. The molecule has 0 aliphatic carbocycles. The van der Waals surface area contributed by atoms with Crippen LogP contribution in [0.2, 0.25) is 0 Å². The van der Waals surface area contributed by atoms with Crippen LogP contribution in [0.15, 0.2) is 18.2 Å². The van der Waals surface area contributed by atoms with E-state index in [1.807, 2.05) is 12.1 Å². The van der Waals surface area contributed by atoms with Gasteiger partial charge >= 0.3 is 0 Å². The van der Waals surface area contributed by atoms with Crippen LogP contribution in [-0.4, -0.2) is 29.6 Å². The Morgan fingerprint density at radius 2 is 2.11 bits per heavy atom. The van der Waals surface area contributed by atoms with E-state index in [1.54, 1.807) is 7.11 Å². The molecule has 4 heteroatoms. The zero-order valence-corrected chi connectivity index (χ0v) is 13.1. The van der Waals surface area contributed by atoms with Crippen LogP contribution in [-0.2, 0) is 6.54 Å². The fraction of sp³-hybridized carbons (Fsp3) is 0.533. The largest absolute Gasteiger partial charge is 0.496 e. The second kappa shape index (κ2) is 7.46. The van der Waals surface area contributed by atoms with E-state index in [9.17, 15) is 0 Å². The maximum atomic E-state index is 5.75. The molecule has 0 radical (unpaired) electrons. The van der Waals surface area contributed by atoms with Crippen LogP contribution >= 0.6 is 12.2 Å². The Balaban J connectivity index is 2.95. The van der Waals surface area contributed by atoms with Crippen molar-refractivity contribution in [3.8, 4) is 5.75 Å². The van der Waals surface area contributed by atoms with Crippen LogP contribution in [0.3, 0.4) is 0 Å². The molecule has 1 unspecified atom stereocenters. The third-order valence-corrected chi connectivity index (χ3v) is 3.76. The molecule has 0 saturated heterocycles. The fourth-order valence-electron chi connectivity index (χ4n) is 2.12. The van der Waals surface area contributed by atoms with Gasteiger partial charge in [0.25, 0.3) is 0 Å². The molecule has 0 saturated carbocycles. The minimum absolute atomic E-state index is 0.380. The lowest BCUT2D eigenvalue weighted by molar-refractivity contribution is 0.206. The first kappa shape index (κ1) is 15.9. The van der Waals surface area contributed by atoms with Crippen molar-refractivity contribution in [2.24, 2.45) is 5.73 Å². The van der Waals surface area contributed by atoms with Crippen LogP contribution in [0.5, 0.6) is 5.75 Å². The number of ether oxygens (including phenoxy) is 1. The van der Waals surface area contributed by atoms with E-state index < -0.39 is 0 Å². The average Bonchev–Trinajstić information content (AvgIpc) is 2.43.